The first-order chi connectivity index (χ1) is 9.12. The summed E-state index contributed by atoms with van der Waals surface area (Å²) in [4.78, 5) is 12.6. The first-order valence-corrected chi connectivity index (χ1v) is 7.08. The molecule has 0 aromatic heterocycles. The van der Waals surface area contributed by atoms with Gasteiger partial charge in [0.05, 0.1) is 5.41 Å². The molecule has 20 heavy (non-hydrogen) atoms. The summed E-state index contributed by atoms with van der Waals surface area (Å²) in [5.74, 6) is 2.55. The van der Waals surface area contributed by atoms with Gasteiger partial charge in [0.1, 0.15) is 0 Å². The molecule has 0 saturated heterocycles. The molecule has 3 atom stereocenters. The molecule has 0 N–H and O–H groups in total. The number of allylic oxidation sites excluding steroid dienone is 3. The molecule has 1 saturated carbocycles. The van der Waals surface area contributed by atoms with Crippen LogP contribution in [0.25, 0.3) is 0 Å². The van der Waals surface area contributed by atoms with E-state index in [1.807, 2.05) is 40.7 Å². The van der Waals surface area contributed by atoms with Crippen molar-refractivity contribution >= 4 is 5.97 Å². The second-order valence-corrected chi connectivity index (χ2v) is 6.63. The highest BCUT2D eigenvalue weighted by Gasteiger charge is 2.72. The van der Waals surface area contributed by atoms with Gasteiger partial charge in [-0.25, -0.2) is 0 Å². The van der Waals surface area contributed by atoms with E-state index in [1.54, 1.807) is 0 Å². The fourth-order valence-corrected chi connectivity index (χ4v) is 2.76. The van der Waals surface area contributed by atoms with Crippen LogP contribution in [-0.2, 0) is 9.53 Å². The van der Waals surface area contributed by atoms with E-state index in [-0.39, 0.29) is 17.3 Å². The first-order valence-electron chi connectivity index (χ1n) is 7.08. The van der Waals surface area contributed by atoms with Crippen LogP contribution in [0.1, 0.15) is 48.5 Å². The third kappa shape index (κ3) is 2.54. The highest BCUT2D eigenvalue weighted by Crippen LogP contribution is 2.70. The number of rotatable bonds is 4. The number of terminal acetylenes is 1. The molecule has 0 aliphatic heterocycles. The van der Waals surface area contributed by atoms with Crippen molar-refractivity contribution in [2.75, 3.05) is 0 Å². The monoisotopic (exact) mass is 274 g/mol. The van der Waals surface area contributed by atoms with Crippen LogP contribution in [0, 0.1) is 29.1 Å². The standard InChI is InChI=1S/C18H26O2/c1-9-13(5)14(10-2)20-16(19)18(8)15(11-12(3)4)17(18,6)7/h2,9,11,14-15H,1,3-8H3. The maximum absolute atomic E-state index is 12.6. The second-order valence-electron chi connectivity index (χ2n) is 6.63. The Morgan fingerprint density at radius 3 is 2.25 bits per heavy atom. The molecular formula is C18H26O2. The Balaban J connectivity index is 2.94. The largest absolute Gasteiger partial charge is 0.444 e. The molecule has 2 nitrogen and oxygen atoms in total. The van der Waals surface area contributed by atoms with E-state index < -0.39 is 11.5 Å². The van der Waals surface area contributed by atoms with Crippen molar-refractivity contribution in [2.45, 2.75) is 54.6 Å². The molecule has 110 valence electrons. The molecule has 0 aromatic rings. The van der Waals surface area contributed by atoms with Crippen molar-refractivity contribution in [2.24, 2.45) is 16.7 Å². The SMILES string of the molecule is C#CC(OC(=O)C1(C)C(C=C(C)C)C1(C)C)C(C)=CC. The number of esters is 1. The topological polar surface area (TPSA) is 26.3 Å². The minimum Gasteiger partial charge on any atom is -0.444 e. The normalized spacial score (nSPS) is 29.1. The van der Waals surface area contributed by atoms with Crippen molar-refractivity contribution in [3.63, 3.8) is 0 Å². The van der Waals surface area contributed by atoms with Gasteiger partial charge in [0.15, 0.2) is 6.10 Å². The number of carbonyl (C=O) groups excluding carboxylic acids is 1. The van der Waals surface area contributed by atoms with Crippen molar-refractivity contribution < 1.29 is 9.53 Å². The van der Waals surface area contributed by atoms with E-state index in [0.29, 0.717) is 0 Å². The van der Waals surface area contributed by atoms with Crippen LogP contribution in [0.2, 0.25) is 0 Å². The van der Waals surface area contributed by atoms with Gasteiger partial charge in [0, 0.05) is 0 Å². The average Bonchev–Trinajstić information content (AvgIpc) is 2.80. The summed E-state index contributed by atoms with van der Waals surface area (Å²) < 4.78 is 5.55. The predicted octanol–water partition coefficient (Wildman–Crippen LogP) is 4.13. The molecule has 2 heteroatoms. The predicted molar refractivity (Wildman–Crippen MR) is 83.0 cm³/mol. The van der Waals surface area contributed by atoms with Crippen LogP contribution in [0.3, 0.4) is 0 Å². The molecule has 0 aromatic carbocycles. The molecule has 1 aliphatic rings. The molecule has 1 fully saturated rings. The van der Waals surface area contributed by atoms with Gasteiger partial charge in [-0.2, -0.15) is 0 Å². The van der Waals surface area contributed by atoms with E-state index in [0.717, 1.165) is 5.57 Å². The molecule has 0 amide bonds. The van der Waals surface area contributed by atoms with Gasteiger partial charge >= 0.3 is 5.97 Å². The number of hydrogen-bond acceptors (Lipinski definition) is 2. The van der Waals surface area contributed by atoms with Gasteiger partial charge in [-0.1, -0.05) is 37.5 Å². The van der Waals surface area contributed by atoms with Gasteiger partial charge in [0.25, 0.3) is 0 Å². The van der Waals surface area contributed by atoms with E-state index in [9.17, 15) is 4.79 Å². The van der Waals surface area contributed by atoms with E-state index in [2.05, 4.69) is 25.8 Å². The quantitative estimate of drug-likeness (QED) is 0.438. The Kier molecular flexibility index (Phi) is 4.54. The smallest absolute Gasteiger partial charge is 0.314 e. The lowest BCUT2D eigenvalue weighted by Crippen LogP contribution is -2.27. The third-order valence-corrected chi connectivity index (χ3v) is 4.82. The minimum absolute atomic E-state index is 0.0929. The van der Waals surface area contributed by atoms with Crippen LogP contribution in [0.5, 0.6) is 0 Å². The summed E-state index contributed by atoms with van der Waals surface area (Å²) in [7, 11) is 0. The van der Waals surface area contributed by atoms with Crippen molar-refractivity contribution in [1.82, 2.24) is 0 Å². The van der Waals surface area contributed by atoms with Crippen LogP contribution in [0.4, 0.5) is 0 Å². The molecule has 1 aliphatic carbocycles. The zero-order chi connectivity index (χ0) is 15.7. The Morgan fingerprint density at radius 2 is 1.85 bits per heavy atom. The molecule has 1 rings (SSSR count). The van der Waals surface area contributed by atoms with E-state index in [4.69, 9.17) is 11.2 Å². The molecule has 0 heterocycles. The summed E-state index contributed by atoms with van der Waals surface area (Å²) >= 11 is 0. The Labute approximate surface area is 123 Å². The minimum atomic E-state index is -0.562. The van der Waals surface area contributed by atoms with Crippen LogP contribution in [0.15, 0.2) is 23.3 Å². The average molecular weight is 274 g/mol. The zero-order valence-electron chi connectivity index (χ0n) is 13.7. The van der Waals surface area contributed by atoms with Crippen molar-refractivity contribution in [3.05, 3.63) is 23.3 Å². The van der Waals surface area contributed by atoms with E-state index in [1.165, 1.54) is 5.57 Å². The van der Waals surface area contributed by atoms with Crippen molar-refractivity contribution in [1.29, 1.82) is 0 Å². The van der Waals surface area contributed by atoms with E-state index >= 15 is 0 Å². The maximum atomic E-state index is 12.6. The lowest BCUT2D eigenvalue weighted by atomic mass is 9.98. The van der Waals surface area contributed by atoms with Crippen LogP contribution >= 0.6 is 0 Å². The summed E-state index contributed by atoms with van der Waals surface area (Å²) in [6.45, 7) is 14.0. The second kappa shape index (κ2) is 5.48. The van der Waals surface area contributed by atoms with Crippen molar-refractivity contribution in [3.8, 4) is 12.3 Å². The summed E-state index contributed by atoms with van der Waals surface area (Å²) in [5, 5.41) is 0. The fraction of sp³-hybridized carbons (Fsp3) is 0.611. The Bertz CT molecular complexity index is 498. The van der Waals surface area contributed by atoms with Gasteiger partial charge in [-0.3, -0.25) is 4.79 Å². The van der Waals surface area contributed by atoms with Gasteiger partial charge in [-0.15, -0.1) is 6.42 Å². The molecule has 0 spiro atoms. The number of hydrogen-bond donors (Lipinski definition) is 0. The third-order valence-electron chi connectivity index (χ3n) is 4.82. The maximum Gasteiger partial charge on any atom is 0.314 e. The molecule has 3 unspecified atom stereocenters. The first kappa shape index (κ1) is 16.6. The number of ether oxygens (including phenoxy) is 1. The lowest BCUT2D eigenvalue weighted by molar-refractivity contribution is -0.152. The highest BCUT2D eigenvalue weighted by molar-refractivity contribution is 5.83. The Morgan fingerprint density at radius 1 is 1.30 bits per heavy atom. The number of carbonyl (C=O) groups is 1. The fourth-order valence-electron chi connectivity index (χ4n) is 2.76. The zero-order valence-corrected chi connectivity index (χ0v) is 13.7. The van der Waals surface area contributed by atoms with Crippen LogP contribution in [-0.4, -0.2) is 12.1 Å². The van der Waals surface area contributed by atoms with Gasteiger partial charge < -0.3 is 4.74 Å². The summed E-state index contributed by atoms with van der Waals surface area (Å²) in [6.07, 6.45) is 8.94. The molecule has 0 radical (unpaired) electrons. The van der Waals surface area contributed by atoms with Gasteiger partial charge in [0.2, 0.25) is 0 Å². The van der Waals surface area contributed by atoms with Crippen LogP contribution < -0.4 is 0 Å². The summed E-state index contributed by atoms with van der Waals surface area (Å²) in [5.41, 5.74) is 1.52. The molecule has 0 bridgehead atoms. The van der Waals surface area contributed by atoms with Gasteiger partial charge in [-0.05, 0) is 51.5 Å². The molecular weight excluding hydrogens is 248 g/mol. The Hall–Kier alpha value is -1.49. The highest BCUT2D eigenvalue weighted by atomic mass is 16.5. The lowest BCUT2D eigenvalue weighted by Gasteiger charge is -2.18. The summed E-state index contributed by atoms with van der Waals surface area (Å²) in [6, 6.07) is 0.